The lowest BCUT2D eigenvalue weighted by Gasteiger charge is -2.26. The molecule has 0 bridgehead atoms. The van der Waals surface area contributed by atoms with Gasteiger partial charge >= 0.3 is 5.97 Å². The van der Waals surface area contributed by atoms with E-state index in [1.165, 1.54) is 0 Å². The molecule has 0 aliphatic carbocycles. The van der Waals surface area contributed by atoms with Crippen LogP contribution in [0.5, 0.6) is 0 Å². The predicted molar refractivity (Wildman–Crippen MR) is 162 cm³/mol. The first-order chi connectivity index (χ1) is 19.8. The molecule has 2 aromatic carbocycles. The van der Waals surface area contributed by atoms with Crippen molar-refractivity contribution in [3.63, 3.8) is 0 Å². The quantitative estimate of drug-likeness (QED) is 0.127. The highest BCUT2D eigenvalue weighted by molar-refractivity contribution is 5.79. The van der Waals surface area contributed by atoms with Crippen molar-refractivity contribution in [3.8, 4) is 0 Å². The van der Waals surface area contributed by atoms with Crippen LogP contribution >= 0.6 is 0 Å². The Bertz CT molecular complexity index is 1130. The number of amides is 1. The molecule has 7 nitrogen and oxygen atoms in total. The molecule has 0 heterocycles. The normalized spacial score (nSPS) is 12.2. The van der Waals surface area contributed by atoms with E-state index in [9.17, 15) is 22.8 Å². The van der Waals surface area contributed by atoms with Crippen LogP contribution in [-0.2, 0) is 27.3 Å². The molecule has 10 heteroatoms. The van der Waals surface area contributed by atoms with Crippen molar-refractivity contribution in [3.05, 3.63) is 77.3 Å². The molecule has 0 saturated heterocycles. The number of rotatable bonds is 16. The van der Waals surface area contributed by atoms with E-state index in [0.717, 1.165) is 42.5 Å². The van der Waals surface area contributed by atoms with Crippen LogP contribution in [-0.4, -0.2) is 48.6 Å². The Kier molecular flexibility index (Phi) is 16.3. The average Bonchev–Trinajstić information content (AvgIpc) is 2.92. The Morgan fingerprint density at radius 3 is 2.19 bits per heavy atom. The first-order valence-corrected chi connectivity index (χ1v) is 14.4. The first kappa shape index (κ1) is 36.5. The molecule has 0 fully saturated rings. The molecule has 2 rings (SSSR count). The Morgan fingerprint density at radius 1 is 1.05 bits per heavy atom. The van der Waals surface area contributed by atoms with Gasteiger partial charge in [0.1, 0.15) is 11.9 Å². The third-order valence-electron chi connectivity index (χ3n) is 6.33. The highest BCUT2D eigenvalue weighted by Crippen LogP contribution is 2.18. The minimum atomic E-state index is -1.19. The Labute approximate surface area is 248 Å². The van der Waals surface area contributed by atoms with Gasteiger partial charge in [-0.05, 0) is 68.9 Å². The minimum absolute atomic E-state index is 0.0905. The molecular weight excluding hydrogens is 545 g/mol. The van der Waals surface area contributed by atoms with E-state index in [4.69, 9.17) is 10.5 Å². The van der Waals surface area contributed by atoms with Gasteiger partial charge in [0.2, 0.25) is 6.41 Å². The molecule has 2 aromatic rings. The van der Waals surface area contributed by atoms with Crippen molar-refractivity contribution in [1.29, 1.82) is 0 Å². The largest absolute Gasteiger partial charge is 0.461 e. The Balaban J connectivity index is 0.000000420. The second-order valence-corrected chi connectivity index (χ2v) is 10.7. The molecule has 234 valence electrons. The number of benzene rings is 2. The molecule has 42 heavy (non-hydrogen) atoms. The van der Waals surface area contributed by atoms with Gasteiger partial charge in [-0.2, -0.15) is 0 Å². The lowest BCUT2D eigenvalue weighted by molar-refractivity contribution is -0.149. The zero-order chi connectivity index (χ0) is 31.8. The number of carbonyl (C=O) groups excluding carboxylic acids is 2. The fourth-order valence-corrected chi connectivity index (χ4v) is 4.18. The zero-order valence-electron chi connectivity index (χ0n) is 25.7. The number of carbonyl (C=O) groups is 2. The summed E-state index contributed by atoms with van der Waals surface area (Å²) >= 11 is 0. The van der Waals surface area contributed by atoms with E-state index >= 15 is 0 Å². The number of nitrogens with one attached hydrogen (secondary N) is 2. The minimum Gasteiger partial charge on any atom is -0.461 e. The van der Waals surface area contributed by atoms with Crippen molar-refractivity contribution in [2.75, 3.05) is 18.4 Å². The predicted octanol–water partition coefficient (Wildman–Crippen LogP) is 5.93. The monoisotopic (exact) mass is 592 g/mol. The topological polar surface area (TPSA) is 96.7 Å². The van der Waals surface area contributed by atoms with Crippen molar-refractivity contribution in [2.45, 2.75) is 85.5 Å². The summed E-state index contributed by atoms with van der Waals surface area (Å²) in [7, 11) is 0. The van der Waals surface area contributed by atoms with Gasteiger partial charge in [0.15, 0.2) is 11.6 Å². The summed E-state index contributed by atoms with van der Waals surface area (Å²) in [5.41, 5.74) is 8.81. The van der Waals surface area contributed by atoms with Crippen LogP contribution in [0.2, 0.25) is 0 Å². The second kappa shape index (κ2) is 18.8. The standard InChI is InChI=1S/C16H23F3N2.C16H24N2O3/c1-4-6-21(5-2)11(3)7-13(20)8-12-9-15(18)16(19)10-14(12)17;1-11(2)15(16(20)21-12(3)4)18-14-7-5-13(6-8-14)9-17-10-19/h9-10,13H,3-8,20H2,1-2H3;5-8,10-12,15,18H,9H2,1-4H3,(H,17,19). The third-order valence-corrected chi connectivity index (χ3v) is 6.33. The molecule has 0 aliphatic heterocycles. The number of hydrogen-bond donors (Lipinski definition) is 3. The number of esters is 1. The van der Waals surface area contributed by atoms with Gasteiger partial charge in [-0.25, -0.2) is 18.0 Å². The third kappa shape index (κ3) is 13.0. The van der Waals surface area contributed by atoms with Gasteiger partial charge in [-0.15, -0.1) is 0 Å². The molecule has 2 atom stereocenters. The van der Waals surface area contributed by atoms with Crippen LogP contribution in [0.4, 0.5) is 18.9 Å². The number of halogens is 3. The van der Waals surface area contributed by atoms with Crippen LogP contribution in [0.15, 0.2) is 48.7 Å². The Morgan fingerprint density at radius 2 is 1.67 bits per heavy atom. The van der Waals surface area contributed by atoms with Crippen molar-refractivity contribution < 1.29 is 27.5 Å². The summed E-state index contributed by atoms with van der Waals surface area (Å²) in [6, 6.07) is 8.25. The summed E-state index contributed by atoms with van der Waals surface area (Å²) in [6.45, 7) is 17.9. The molecule has 0 aliphatic rings. The second-order valence-electron chi connectivity index (χ2n) is 10.7. The van der Waals surface area contributed by atoms with Gasteiger partial charge in [0.05, 0.1) is 6.10 Å². The maximum Gasteiger partial charge on any atom is 0.329 e. The molecule has 0 saturated carbocycles. The van der Waals surface area contributed by atoms with Gasteiger partial charge < -0.3 is 26.0 Å². The maximum absolute atomic E-state index is 13.6. The maximum atomic E-state index is 13.6. The number of nitrogens with zero attached hydrogens (tertiary/aromatic N) is 1. The van der Waals surface area contributed by atoms with Crippen LogP contribution in [0.1, 0.15) is 65.5 Å². The smallest absolute Gasteiger partial charge is 0.329 e. The number of anilines is 1. The average molecular weight is 593 g/mol. The van der Waals surface area contributed by atoms with Gasteiger partial charge in [-0.3, -0.25) is 4.79 Å². The van der Waals surface area contributed by atoms with E-state index in [0.29, 0.717) is 25.4 Å². The summed E-state index contributed by atoms with van der Waals surface area (Å²) in [6.07, 6.45) is 2.18. The van der Waals surface area contributed by atoms with E-state index in [1.807, 2.05) is 58.9 Å². The van der Waals surface area contributed by atoms with E-state index < -0.39 is 17.5 Å². The fraction of sp³-hybridized carbons (Fsp3) is 0.500. The number of hydrogen-bond acceptors (Lipinski definition) is 6. The van der Waals surface area contributed by atoms with Crippen molar-refractivity contribution >= 4 is 18.1 Å². The van der Waals surface area contributed by atoms with Gasteiger partial charge in [0.25, 0.3) is 0 Å². The summed E-state index contributed by atoms with van der Waals surface area (Å²) < 4.78 is 44.9. The lowest BCUT2D eigenvalue weighted by atomic mass is 10.0. The first-order valence-electron chi connectivity index (χ1n) is 14.4. The van der Waals surface area contributed by atoms with Gasteiger partial charge in [-0.1, -0.05) is 39.5 Å². The Hall–Kier alpha value is -3.53. The summed E-state index contributed by atoms with van der Waals surface area (Å²) in [4.78, 5) is 24.4. The van der Waals surface area contributed by atoms with Crippen molar-refractivity contribution in [2.24, 2.45) is 11.7 Å². The van der Waals surface area contributed by atoms with Crippen molar-refractivity contribution in [1.82, 2.24) is 10.2 Å². The molecule has 0 radical (unpaired) electrons. The van der Waals surface area contributed by atoms with E-state index in [1.54, 1.807) is 0 Å². The van der Waals surface area contributed by atoms with Crippen LogP contribution in [0.3, 0.4) is 0 Å². The zero-order valence-corrected chi connectivity index (χ0v) is 25.7. The molecule has 0 spiro atoms. The van der Waals surface area contributed by atoms with Gasteiger partial charge in [0, 0.05) is 49.5 Å². The molecule has 2 unspecified atom stereocenters. The molecule has 4 N–H and O–H groups in total. The van der Waals surface area contributed by atoms with E-state index in [-0.39, 0.29) is 42.1 Å². The highest BCUT2D eigenvalue weighted by Gasteiger charge is 2.24. The number of nitrogens with two attached hydrogens (primary N) is 1. The number of ether oxygens (including phenoxy) is 1. The highest BCUT2D eigenvalue weighted by atomic mass is 19.2. The van der Waals surface area contributed by atoms with Crippen LogP contribution < -0.4 is 16.4 Å². The summed E-state index contributed by atoms with van der Waals surface area (Å²) in [5, 5.41) is 5.81. The SMILES string of the molecule is C=C(CC(N)Cc1cc(F)c(F)cc1F)N(CC)CCC.CC(C)OC(=O)C(Nc1ccc(CNC=O)cc1)C(C)C. The molecule has 1 amide bonds. The lowest BCUT2D eigenvalue weighted by Crippen LogP contribution is -2.37. The molecule has 0 aromatic heterocycles. The van der Waals surface area contributed by atoms with Crippen LogP contribution in [0.25, 0.3) is 0 Å². The van der Waals surface area contributed by atoms with E-state index in [2.05, 4.69) is 29.0 Å². The molecular formula is C32H47F3N4O3. The van der Waals surface area contributed by atoms with Crippen LogP contribution in [0, 0.1) is 23.4 Å². The summed E-state index contributed by atoms with van der Waals surface area (Å²) in [5.74, 6) is -3.14. The fourth-order valence-electron chi connectivity index (χ4n) is 4.18.